The van der Waals surface area contributed by atoms with Crippen molar-refractivity contribution in [2.24, 2.45) is 5.92 Å². The summed E-state index contributed by atoms with van der Waals surface area (Å²) in [6.07, 6.45) is -6.71. The molecule has 0 aromatic heterocycles. The number of carbonyl (C=O) groups excluding carboxylic acids is 1. The van der Waals surface area contributed by atoms with E-state index in [4.69, 9.17) is 9.47 Å². The van der Waals surface area contributed by atoms with E-state index in [-0.39, 0.29) is 13.0 Å². The van der Waals surface area contributed by atoms with Crippen LogP contribution in [0, 0.1) is 5.92 Å². The van der Waals surface area contributed by atoms with E-state index >= 15 is 0 Å². The molecule has 0 saturated heterocycles. The molecule has 0 spiro atoms. The minimum atomic E-state index is -4.43. The number of methoxy groups -OCH3 is 2. The Labute approximate surface area is 98.0 Å². The maximum Gasteiger partial charge on any atom is 0.389 e. The summed E-state index contributed by atoms with van der Waals surface area (Å²) in [4.78, 5) is 11.4. The molecule has 0 N–H and O–H groups in total. The summed E-state index contributed by atoms with van der Waals surface area (Å²) in [5, 5.41) is 0. The van der Waals surface area contributed by atoms with Gasteiger partial charge < -0.3 is 14.2 Å². The van der Waals surface area contributed by atoms with Crippen LogP contribution in [0.1, 0.15) is 19.8 Å². The van der Waals surface area contributed by atoms with Gasteiger partial charge >= 0.3 is 12.1 Å². The molecule has 0 radical (unpaired) electrons. The fourth-order valence-corrected chi connectivity index (χ4v) is 1.32. The van der Waals surface area contributed by atoms with Crippen molar-refractivity contribution in [1.82, 2.24) is 0 Å². The molecule has 7 heteroatoms. The van der Waals surface area contributed by atoms with Crippen LogP contribution in [-0.2, 0) is 19.0 Å². The quantitative estimate of drug-likeness (QED) is 0.518. The van der Waals surface area contributed by atoms with Gasteiger partial charge in [0, 0.05) is 20.6 Å². The van der Waals surface area contributed by atoms with E-state index in [1.807, 2.05) is 0 Å². The largest absolute Gasteiger partial charge is 0.466 e. The third kappa shape index (κ3) is 7.17. The SMILES string of the molecule is CCOC(=O)C(CC(OC)OC)CC(F)(F)F. The molecule has 102 valence electrons. The van der Waals surface area contributed by atoms with Crippen LogP contribution in [0.4, 0.5) is 13.2 Å². The van der Waals surface area contributed by atoms with Crippen molar-refractivity contribution in [2.75, 3.05) is 20.8 Å². The molecule has 0 saturated carbocycles. The van der Waals surface area contributed by atoms with E-state index < -0.39 is 30.8 Å². The lowest BCUT2D eigenvalue weighted by molar-refractivity contribution is -0.178. The van der Waals surface area contributed by atoms with Crippen LogP contribution in [0.2, 0.25) is 0 Å². The lowest BCUT2D eigenvalue weighted by Gasteiger charge is -2.21. The number of rotatable bonds is 7. The van der Waals surface area contributed by atoms with Gasteiger partial charge in [0.25, 0.3) is 0 Å². The molecule has 0 aromatic carbocycles. The van der Waals surface area contributed by atoms with Crippen LogP contribution in [0.5, 0.6) is 0 Å². The zero-order valence-electron chi connectivity index (χ0n) is 10.0. The Morgan fingerprint density at radius 1 is 1.24 bits per heavy atom. The van der Waals surface area contributed by atoms with Crippen LogP contribution in [0.15, 0.2) is 0 Å². The molecule has 4 nitrogen and oxygen atoms in total. The summed E-state index contributed by atoms with van der Waals surface area (Å²) in [7, 11) is 2.59. The summed E-state index contributed by atoms with van der Waals surface area (Å²) in [5.41, 5.74) is 0. The van der Waals surface area contributed by atoms with Gasteiger partial charge in [0.15, 0.2) is 6.29 Å². The third-order valence-corrected chi connectivity index (χ3v) is 2.10. The highest BCUT2D eigenvalue weighted by Gasteiger charge is 2.37. The van der Waals surface area contributed by atoms with Gasteiger partial charge in [-0.15, -0.1) is 0 Å². The van der Waals surface area contributed by atoms with Gasteiger partial charge in [0.2, 0.25) is 0 Å². The van der Waals surface area contributed by atoms with E-state index in [1.54, 1.807) is 0 Å². The molecular weight excluding hydrogens is 241 g/mol. The van der Waals surface area contributed by atoms with E-state index in [0.29, 0.717) is 0 Å². The molecule has 0 bridgehead atoms. The maximum atomic E-state index is 12.3. The summed E-state index contributed by atoms with van der Waals surface area (Å²) >= 11 is 0. The lowest BCUT2D eigenvalue weighted by atomic mass is 10.0. The summed E-state index contributed by atoms with van der Waals surface area (Å²) in [6, 6.07) is 0. The molecule has 0 aliphatic carbocycles. The first kappa shape index (κ1) is 16.2. The Kier molecular flexibility index (Phi) is 7.13. The van der Waals surface area contributed by atoms with Gasteiger partial charge in [-0.3, -0.25) is 4.79 Å². The van der Waals surface area contributed by atoms with Crippen molar-refractivity contribution in [1.29, 1.82) is 0 Å². The minimum absolute atomic E-state index is 0.0395. The molecule has 0 amide bonds. The highest BCUT2D eigenvalue weighted by Crippen LogP contribution is 2.28. The van der Waals surface area contributed by atoms with Gasteiger partial charge in [-0.25, -0.2) is 0 Å². The van der Waals surface area contributed by atoms with Crippen LogP contribution in [0.25, 0.3) is 0 Å². The molecule has 0 aromatic rings. The lowest BCUT2D eigenvalue weighted by Crippen LogP contribution is -2.29. The highest BCUT2D eigenvalue weighted by atomic mass is 19.4. The zero-order chi connectivity index (χ0) is 13.5. The Hall–Kier alpha value is -0.820. The highest BCUT2D eigenvalue weighted by molar-refractivity contribution is 5.72. The molecule has 0 aliphatic heterocycles. The fourth-order valence-electron chi connectivity index (χ4n) is 1.32. The summed E-state index contributed by atoms with van der Waals surface area (Å²) in [5.74, 6) is -2.19. The predicted octanol–water partition coefficient (Wildman–Crippen LogP) is 2.13. The van der Waals surface area contributed by atoms with Crippen LogP contribution < -0.4 is 0 Å². The van der Waals surface area contributed by atoms with Crippen LogP contribution in [-0.4, -0.2) is 39.3 Å². The van der Waals surface area contributed by atoms with Gasteiger partial charge in [-0.1, -0.05) is 0 Å². The van der Waals surface area contributed by atoms with Crippen molar-refractivity contribution in [3.63, 3.8) is 0 Å². The molecule has 17 heavy (non-hydrogen) atoms. The summed E-state index contributed by atoms with van der Waals surface area (Å²) < 4.78 is 51.0. The van der Waals surface area contributed by atoms with Gasteiger partial charge in [0.1, 0.15) is 0 Å². The number of esters is 1. The molecule has 0 fully saturated rings. The number of alkyl halides is 3. The normalized spacial score (nSPS) is 13.8. The maximum absolute atomic E-state index is 12.3. The van der Waals surface area contributed by atoms with Crippen molar-refractivity contribution < 1.29 is 32.2 Å². The Balaban J connectivity index is 4.55. The monoisotopic (exact) mass is 258 g/mol. The van der Waals surface area contributed by atoms with Crippen LogP contribution >= 0.6 is 0 Å². The second-order valence-electron chi connectivity index (χ2n) is 3.40. The van der Waals surface area contributed by atoms with Crippen molar-refractivity contribution in [3.8, 4) is 0 Å². The fraction of sp³-hybridized carbons (Fsp3) is 0.900. The van der Waals surface area contributed by atoms with Crippen LogP contribution in [0.3, 0.4) is 0 Å². The topological polar surface area (TPSA) is 44.8 Å². The third-order valence-electron chi connectivity index (χ3n) is 2.10. The molecule has 0 rings (SSSR count). The zero-order valence-corrected chi connectivity index (χ0v) is 10.0. The van der Waals surface area contributed by atoms with Gasteiger partial charge in [-0.2, -0.15) is 13.2 Å². The standard InChI is InChI=1S/C10H17F3O4/c1-4-17-9(14)7(6-10(11,12)13)5-8(15-2)16-3/h7-8H,4-6H2,1-3H3. The average Bonchev–Trinajstić information content (AvgIpc) is 2.22. The first-order chi connectivity index (χ1) is 7.84. The van der Waals surface area contributed by atoms with Crippen molar-refractivity contribution in [3.05, 3.63) is 0 Å². The average molecular weight is 258 g/mol. The van der Waals surface area contributed by atoms with E-state index in [2.05, 4.69) is 4.74 Å². The Morgan fingerprint density at radius 3 is 2.12 bits per heavy atom. The first-order valence-corrected chi connectivity index (χ1v) is 5.13. The molecular formula is C10H17F3O4. The van der Waals surface area contributed by atoms with Gasteiger partial charge in [0.05, 0.1) is 18.9 Å². The second kappa shape index (κ2) is 7.50. The van der Waals surface area contributed by atoms with E-state index in [9.17, 15) is 18.0 Å². The second-order valence-corrected chi connectivity index (χ2v) is 3.40. The molecule has 1 unspecified atom stereocenters. The van der Waals surface area contributed by atoms with Crippen molar-refractivity contribution >= 4 is 5.97 Å². The number of halogens is 3. The number of hydrogen-bond acceptors (Lipinski definition) is 4. The molecule has 0 aliphatic rings. The number of hydrogen-bond donors (Lipinski definition) is 0. The molecule has 0 heterocycles. The Morgan fingerprint density at radius 2 is 1.76 bits per heavy atom. The minimum Gasteiger partial charge on any atom is -0.466 e. The van der Waals surface area contributed by atoms with Gasteiger partial charge in [-0.05, 0) is 6.92 Å². The number of carbonyl (C=O) groups is 1. The predicted molar refractivity (Wildman–Crippen MR) is 53.2 cm³/mol. The van der Waals surface area contributed by atoms with Crippen molar-refractivity contribution in [2.45, 2.75) is 32.2 Å². The first-order valence-electron chi connectivity index (χ1n) is 5.13. The van der Waals surface area contributed by atoms with E-state index in [1.165, 1.54) is 21.1 Å². The summed E-state index contributed by atoms with van der Waals surface area (Å²) in [6.45, 7) is 1.57. The number of ether oxygens (including phenoxy) is 3. The smallest absolute Gasteiger partial charge is 0.389 e. The molecule has 1 atom stereocenters. The Bertz CT molecular complexity index is 226. The van der Waals surface area contributed by atoms with E-state index in [0.717, 1.165) is 0 Å².